The van der Waals surface area contributed by atoms with Crippen LogP contribution in [0.5, 0.6) is 0 Å². The van der Waals surface area contributed by atoms with E-state index in [9.17, 15) is 0 Å². The highest BCUT2D eigenvalue weighted by Gasteiger charge is 1.93. The summed E-state index contributed by atoms with van der Waals surface area (Å²) in [6, 6.07) is 0. The quantitative estimate of drug-likeness (QED) is 0.419. The van der Waals surface area contributed by atoms with Gasteiger partial charge in [0.1, 0.15) is 0 Å². The minimum atomic E-state index is 0. The van der Waals surface area contributed by atoms with Gasteiger partial charge in [-0.3, -0.25) is 0 Å². The van der Waals surface area contributed by atoms with Gasteiger partial charge in [-0.05, 0) is 25.7 Å². The molecule has 1 atom stereocenters. The Morgan fingerprint density at radius 2 is 2.29 bits per heavy atom. The van der Waals surface area contributed by atoms with Crippen LogP contribution in [0.25, 0.3) is 0 Å². The van der Waals surface area contributed by atoms with Gasteiger partial charge in [0, 0.05) is 0 Å². The molecule has 0 aromatic heterocycles. The van der Waals surface area contributed by atoms with Crippen LogP contribution in [0.3, 0.4) is 0 Å². The molecular weight excluding hydrogens is 107 g/mol. The van der Waals surface area contributed by atoms with Crippen LogP contribution >= 0.6 is 7.55 Å². The maximum atomic E-state index is 2.50. The molecular formula is C5H13OP. The van der Waals surface area contributed by atoms with Gasteiger partial charge in [0.2, 0.25) is 0 Å². The largest absolute Gasteiger partial charge is 0.412 e. The third-order valence-electron chi connectivity index (χ3n) is 1.27. The maximum Gasteiger partial charge on any atom is -0.0345 e. The lowest BCUT2D eigenvalue weighted by atomic mass is 10.4. The average Bonchev–Trinajstić information content (AvgIpc) is 1.86. The average molecular weight is 120 g/mol. The Hall–Kier alpha value is 0.260. The van der Waals surface area contributed by atoms with Crippen LogP contribution in [0.4, 0.5) is 0 Å². The lowest BCUT2D eigenvalue weighted by molar-refractivity contribution is 0.824. The molecule has 0 saturated heterocycles. The van der Waals surface area contributed by atoms with E-state index in [4.69, 9.17) is 0 Å². The molecule has 1 heterocycles. The minimum Gasteiger partial charge on any atom is -0.412 e. The summed E-state index contributed by atoms with van der Waals surface area (Å²) in [6.07, 6.45) is 4.42. The molecule has 0 aromatic carbocycles. The molecule has 0 radical (unpaired) electrons. The smallest absolute Gasteiger partial charge is 0.0345 e. The van der Waals surface area contributed by atoms with Crippen molar-refractivity contribution in [1.82, 2.24) is 0 Å². The molecule has 1 aliphatic rings. The van der Waals surface area contributed by atoms with E-state index >= 15 is 0 Å². The molecule has 0 aliphatic carbocycles. The summed E-state index contributed by atoms with van der Waals surface area (Å²) in [7, 11) is 0.118. The fourth-order valence-corrected chi connectivity index (χ4v) is 2.49. The van der Waals surface area contributed by atoms with Gasteiger partial charge in [-0.2, -0.15) is 0 Å². The van der Waals surface area contributed by atoms with Crippen LogP contribution in [0.2, 0.25) is 0 Å². The Kier molecular flexibility index (Phi) is 3.41. The van der Waals surface area contributed by atoms with E-state index in [2.05, 4.69) is 12.5 Å². The monoisotopic (exact) mass is 120 g/mol. The molecule has 44 valence electrons. The molecule has 2 heteroatoms. The van der Waals surface area contributed by atoms with Crippen LogP contribution in [0.15, 0.2) is 0 Å². The van der Waals surface area contributed by atoms with E-state index < -0.39 is 0 Å². The highest BCUT2D eigenvalue weighted by atomic mass is 31.1. The van der Waals surface area contributed by atoms with E-state index in [1.54, 1.807) is 0 Å². The molecule has 0 fully saturated rings. The van der Waals surface area contributed by atoms with E-state index in [0.717, 1.165) is 0 Å². The van der Waals surface area contributed by atoms with Crippen LogP contribution in [0, 0.1) is 0 Å². The second-order valence-electron chi connectivity index (χ2n) is 1.94. The molecule has 0 amide bonds. The Morgan fingerprint density at radius 1 is 1.57 bits per heavy atom. The molecule has 7 heavy (non-hydrogen) atoms. The fraction of sp³-hybridized carbons (Fsp3) is 0.800. The summed E-state index contributed by atoms with van der Waals surface area (Å²) in [5.74, 6) is 2.50. The van der Waals surface area contributed by atoms with Gasteiger partial charge in [0.25, 0.3) is 0 Å². The van der Waals surface area contributed by atoms with Crippen molar-refractivity contribution in [1.29, 1.82) is 0 Å². The molecule has 2 N–H and O–H groups in total. The van der Waals surface area contributed by atoms with Gasteiger partial charge in [0.05, 0.1) is 0 Å². The summed E-state index contributed by atoms with van der Waals surface area (Å²) in [5, 5.41) is 0. The van der Waals surface area contributed by atoms with Crippen LogP contribution < -0.4 is 0 Å². The second kappa shape index (κ2) is 3.29. The Bertz CT molecular complexity index is 78.1. The molecule has 1 aliphatic heterocycles. The van der Waals surface area contributed by atoms with Crippen LogP contribution in [-0.2, 0) is 0 Å². The standard InChI is InChI=1S/C5H11P.H2O/c1-6-4-2-3-5-6;/h4,6H,2-3,5H2,1H3;1H2. The lowest BCUT2D eigenvalue weighted by Crippen LogP contribution is -1.62. The lowest BCUT2D eigenvalue weighted by Gasteiger charge is -1.81. The molecule has 0 spiro atoms. The van der Waals surface area contributed by atoms with Gasteiger partial charge in [-0.1, -0.05) is 5.80 Å². The van der Waals surface area contributed by atoms with Crippen molar-refractivity contribution < 1.29 is 5.48 Å². The first-order chi connectivity index (χ1) is 2.89. The Labute approximate surface area is 45.4 Å². The Morgan fingerprint density at radius 3 is 2.43 bits per heavy atom. The predicted octanol–water partition coefficient (Wildman–Crippen LogP) is 0.602. The van der Waals surface area contributed by atoms with Crippen molar-refractivity contribution in [2.24, 2.45) is 0 Å². The van der Waals surface area contributed by atoms with Gasteiger partial charge in [-0.25, -0.2) is 0 Å². The first-order valence-corrected chi connectivity index (χ1v) is 4.83. The second-order valence-corrected chi connectivity index (χ2v) is 4.54. The fourth-order valence-electron chi connectivity index (χ4n) is 0.831. The topological polar surface area (TPSA) is 31.5 Å². The zero-order valence-electron chi connectivity index (χ0n) is 4.70. The van der Waals surface area contributed by atoms with Crippen LogP contribution in [-0.4, -0.2) is 24.1 Å². The summed E-state index contributed by atoms with van der Waals surface area (Å²) in [6.45, 7) is 2.39. The summed E-state index contributed by atoms with van der Waals surface area (Å²) < 4.78 is 0. The first kappa shape index (κ1) is 7.26. The third-order valence-corrected chi connectivity index (χ3v) is 3.40. The predicted molar refractivity (Wildman–Crippen MR) is 38.0 cm³/mol. The maximum absolute atomic E-state index is 2.50. The van der Waals surface area contributed by atoms with Gasteiger partial charge < -0.3 is 5.48 Å². The molecule has 0 aromatic rings. The van der Waals surface area contributed by atoms with Gasteiger partial charge in [-0.15, -0.1) is 7.55 Å². The normalized spacial score (nSPS) is 28.4. The number of hydrogen-bond acceptors (Lipinski definition) is 0. The molecule has 0 bridgehead atoms. The van der Waals surface area contributed by atoms with E-state index in [1.807, 2.05) is 0 Å². The SMILES string of the molecule is C[PH]1=CCCC1.O. The van der Waals surface area contributed by atoms with Crippen molar-refractivity contribution in [2.75, 3.05) is 12.8 Å². The van der Waals surface area contributed by atoms with E-state index in [1.165, 1.54) is 19.0 Å². The molecule has 1 unspecified atom stereocenters. The highest BCUT2D eigenvalue weighted by Crippen LogP contribution is 2.24. The highest BCUT2D eigenvalue weighted by molar-refractivity contribution is 7.56. The summed E-state index contributed by atoms with van der Waals surface area (Å²) >= 11 is 0. The van der Waals surface area contributed by atoms with Crippen molar-refractivity contribution in [3.63, 3.8) is 0 Å². The number of rotatable bonds is 0. The van der Waals surface area contributed by atoms with Gasteiger partial charge in [0.15, 0.2) is 0 Å². The zero-order valence-corrected chi connectivity index (χ0v) is 5.70. The number of hydrogen-bond donors (Lipinski definition) is 0. The van der Waals surface area contributed by atoms with Crippen molar-refractivity contribution in [2.45, 2.75) is 12.8 Å². The molecule has 1 nitrogen and oxygen atoms in total. The zero-order chi connectivity index (χ0) is 4.41. The molecule has 0 saturated carbocycles. The van der Waals surface area contributed by atoms with Crippen LogP contribution in [0.1, 0.15) is 12.8 Å². The van der Waals surface area contributed by atoms with E-state index in [0.29, 0.717) is 0 Å². The molecule has 1 rings (SSSR count). The van der Waals surface area contributed by atoms with Crippen molar-refractivity contribution >= 4 is 13.3 Å². The Balaban J connectivity index is 0.000000360. The minimum absolute atomic E-state index is 0. The summed E-state index contributed by atoms with van der Waals surface area (Å²) in [4.78, 5) is 0. The van der Waals surface area contributed by atoms with Crippen molar-refractivity contribution in [3.05, 3.63) is 0 Å². The summed E-state index contributed by atoms with van der Waals surface area (Å²) in [5.41, 5.74) is 0. The van der Waals surface area contributed by atoms with E-state index in [-0.39, 0.29) is 13.0 Å². The third kappa shape index (κ3) is 2.16. The first-order valence-electron chi connectivity index (χ1n) is 2.55. The van der Waals surface area contributed by atoms with Crippen molar-refractivity contribution in [3.8, 4) is 0 Å². The van der Waals surface area contributed by atoms with Gasteiger partial charge >= 0.3 is 0 Å².